The third-order valence-electron chi connectivity index (χ3n) is 4.61. The number of anilines is 2. The highest BCUT2D eigenvalue weighted by atomic mass is 32.2. The summed E-state index contributed by atoms with van der Waals surface area (Å²) in [6.07, 6.45) is 1.07. The van der Waals surface area contributed by atoms with E-state index < -0.39 is 21.9 Å². The van der Waals surface area contributed by atoms with Crippen LogP contribution in [0.2, 0.25) is 0 Å². The van der Waals surface area contributed by atoms with Crippen molar-refractivity contribution in [1.82, 2.24) is 4.98 Å². The number of amides is 1. The molecule has 3 aromatic rings. The van der Waals surface area contributed by atoms with Crippen molar-refractivity contribution < 1.29 is 22.3 Å². The van der Waals surface area contributed by atoms with Crippen molar-refractivity contribution in [1.29, 1.82) is 5.26 Å². The third-order valence-corrected chi connectivity index (χ3v) is 6.78. The molecule has 0 saturated carbocycles. The van der Waals surface area contributed by atoms with E-state index in [1.807, 2.05) is 0 Å². The van der Waals surface area contributed by atoms with Gasteiger partial charge in [0.2, 0.25) is 0 Å². The van der Waals surface area contributed by atoms with Crippen LogP contribution >= 0.6 is 11.3 Å². The van der Waals surface area contributed by atoms with Crippen molar-refractivity contribution in [3.05, 3.63) is 65.4 Å². The summed E-state index contributed by atoms with van der Waals surface area (Å²) in [5.74, 6) is -0.877. The number of aromatic nitrogens is 1. The zero-order valence-corrected chi connectivity index (χ0v) is 17.5. The van der Waals surface area contributed by atoms with Crippen LogP contribution in [0.15, 0.2) is 58.9 Å². The Bertz CT molecular complexity index is 1260. The second kappa shape index (κ2) is 8.33. The first kappa shape index (κ1) is 20.8. The van der Waals surface area contributed by atoms with Gasteiger partial charge in [0.15, 0.2) is 11.2 Å². The summed E-state index contributed by atoms with van der Waals surface area (Å²) in [7, 11) is -3.79. The first-order valence-electron chi connectivity index (χ1n) is 9.07. The lowest BCUT2D eigenvalue weighted by Gasteiger charge is -2.18. The van der Waals surface area contributed by atoms with E-state index in [4.69, 9.17) is 10.00 Å². The number of nitrogens with zero attached hydrogens (tertiary/aromatic N) is 3. The van der Waals surface area contributed by atoms with E-state index in [9.17, 15) is 17.6 Å². The molecular weight excluding hydrogens is 443 g/mol. The zero-order chi connectivity index (χ0) is 22.0. The van der Waals surface area contributed by atoms with E-state index in [1.54, 1.807) is 11.4 Å². The van der Waals surface area contributed by atoms with Crippen molar-refractivity contribution in [3.8, 4) is 11.8 Å². The van der Waals surface area contributed by atoms with E-state index in [-0.39, 0.29) is 27.2 Å². The minimum absolute atomic E-state index is 0.0407. The van der Waals surface area contributed by atoms with Gasteiger partial charge >= 0.3 is 0 Å². The Hall–Kier alpha value is -3.49. The average molecular weight is 458 g/mol. The molecule has 1 saturated heterocycles. The van der Waals surface area contributed by atoms with Crippen molar-refractivity contribution in [3.63, 3.8) is 0 Å². The summed E-state index contributed by atoms with van der Waals surface area (Å²) in [5.41, 5.74) is 0.418. The van der Waals surface area contributed by atoms with Gasteiger partial charge in [-0.3, -0.25) is 9.52 Å². The number of halogens is 1. The Kier molecular flexibility index (Phi) is 5.58. The van der Waals surface area contributed by atoms with Gasteiger partial charge in [-0.2, -0.15) is 5.26 Å². The van der Waals surface area contributed by atoms with Crippen LogP contribution in [0.25, 0.3) is 0 Å². The molecule has 0 radical (unpaired) electrons. The van der Waals surface area contributed by atoms with Gasteiger partial charge < -0.3 is 9.64 Å². The van der Waals surface area contributed by atoms with E-state index in [0.29, 0.717) is 18.7 Å². The molecule has 31 heavy (non-hydrogen) atoms. The molecule has 158 valence electrons. The minimum Gasteiger partial charge on any atom is -0.480 e. The van der Waals surface area contributed by atoms with E-state index in [1.165, 1.54) is 47.5 Å². The van der Waals surface area contributed by atoms with Crippen LogP contribution < -0.4 is 14.4 Å². The maximum absolute atomic E-state index is 13.8. The molecule has 0 bridgehead atoms. The second-order valence-electron chi connectivity index (χ2n) is 6.58. The summed E-state index contributed by atoms with van der Waals surface area (Å²) < 4.78 is 46.6. The van der Waals surface area contributed by atoms with Crippen LogP contribution in [0, 0.1) is 17.1 Å². The molecule has 1 aliphatic heterocycles. The standard InChI is InChI=1S/C20H15FN4O4S2/c21-17-11-15(4-1-13(17)12-22)29-18-7-9-25(19(18)26)14-2-5-16(6-3-14)31(27,28)24-20-23-8-10-30-20/h1-6,8,10-11,18H,7,9H2,(H,23,24). The predicted octanol–water partition coefficient (Wildman–Crippen LogP) is 3.14. The summed E-state index contributed by atoms with van der Waals surface area (Å²) in [6.45, 7) is 0.367. The SMILES string of the molecule is N#Cc1ccc(OC2CCN(c3ccc(S(=O)(=O)Nc4nccs4)cc3)C2=O)cc1F. The number of carbonyl (C=O) groups is 1. The summed E-state index contributed by atoms with van der Waals surface area (Å²) in [4.78, 5) is 18.1. The molecule has 1 aromatic heterocycles. The fourth-order valence-corrected chi connectivity index (χ4v) is 4.89. The number of sulfonamides is 1. The van der Waals surface area contributed by atoms with Crippen LogP contribution in [0.5, 0.6) is 5.75 Å². The van der Waals surface area contributed by atoms with E-state index in [0.717, 1.165) is 17.4 Å². The highest BCUT2D eigenvalue weighted by Crippen LogP contribution is 2.27. The highest BCUT2D eigenvalue weighted by molar-refractivity contribution is 7.93. The lowest BCUT2D eigenvalue weighted by atomic mass is 10.2. The third kappa shape index (κ3) is 4.35. The lowest BCUT2D eigenvalue weighted by Crippen LogP contribution is -2.32. The smallest absolute Gasteiger partial charge is 0.268 e. The number of nitriles is 1. The topological polar surface area (TPSA) is 112 Å². The maximum Gasteiger partial charge on any atom is 0.268 e. The molecule has 1 amide bonds. The molecular formula is C20H15FN4O4S2. The largest absolute Gasteiger partial charge is 0.480 e. The number of rotatable bonds is 6. The average Bonchev–Trinajstić information content (AvgIpc) is 3.38. The van der Waals surface area contributed by atoms with Crippen LogP contribution in [0.3, 0.4) is 0 Å². The molecule has 1 fully saturated rings. The minimum atomic E-state index is -3.79. The summed E-state index contributed by atoms with van der Waals surface area (Å²) >= 11 is 1.16. The maximum atomic E-state index is 13.8. The molecule has 8 nitrogen and oxygen atoms in total. The molecule has 0 spiro atoms. The van der Waals surface area contributed by atoms with Crippen LogP contribution in [0.4, 0.5) is 15.2 Å². The van der Waals surface area contributed by atoms with Crippen molar-refractivity contribution >= 4 is 38.1 Å². The number of hydrogen-bond donors (Lipinski definition) is 1. The fraction of sp³-hybridized carbons (Fsp3) is 0.150. The van der Waals surface area contributed by atoms with E-state index in [2.05, 4.69) is 9.71 Å². The van der Waals surface area contributed by atoms with Gasteiger partial charge in [-0.1, -0.05) is 0 Å². The molecule has 1 aliphatic rings. The number of carbonyl (C=O) groups excluding carboxylic acids is 1. The second-order valence-corrected chi connectivity index (χ2v) is 9.15. The van der Waals surface area contributed by atoms with Gasteiger partial charge in [-0.05, 0) is 36.4 Å². The van der Waals surface area contributed by atoms with Gasteiger partial charge in [-0.15, -0.1) is 11.3 Å². The first-order valence-corrected chi connectivity index (χ1v) is 11.4. The summed E-state index contributed by atoms with van der Waals surface area (Å²) in [5, 5.41) is 10.7. The van der Waals surface area contributed by atoms with Crippen molar-refractivity contribution in [2.75, 3.05) is 16.2 Å². The monoisotopic (exact) mass is 458 g/mol. The molecule has 0 aliphatic carbocycles. The molecule has 2 heterocycles. The van der Waals surface area contributed by atoms with Crippen LogP contribution in [-0.2, 0) is 14.8 Å². The Morgan fingerprint density at radius 3 is 2.68 bits per heavy atom. The molecule has 4 rings (SSSR count). The zero-order valence-electron chi connectivity index (χ0n) is 15.9. The summed E-state index contributed by atoms with van der Waals surface area (Å²) in [6, 6.07) is 11.4. The fourth-order valence-electron chi connectivity index (χ4n) is 3.10. The number of ether oxygens (including phenoxy) is 1. The van der Waals surface area contributed by atoms with Gasteiger partial charge in [0, 0.05) is 36.3 Å². The Morgan fingerprint density at radius 2 is 2.03 bits per heavy atom. The first-order chi connectivity index (χ1) is 14.9. The Labute approximate surface area is 181 Å². The highest BCUT2D eigenvalue weighted by Gasteiger charge is 2.34. The Morgan fingerprint density at radius 1 is 1.26 bits per heavy atom. The number of hydrogen-bond acceptors (Lipinski definition) is 7. The van der Waals surface area contributed by atoms with Gasteiger partial charge in [-0.25, -0.2) is 17.8 Å². The molecule has 11 heteroatoms. The van der Waals surface area contributed by atoms with Crippen molar-refractivity contribution in [2.24, 2.45) is 0 Å². The van der Waals surface area contributed by atoms with Crippen molar-refractivity contribution in [2.45, 2.75) is 17.4 Å². The van der Waals surface area contributed by atoms with Crippen LogP contribution in [0.1, 0.15) is 12.0 Å². The molecule has 2 aromatic carbocycles. The van der Waals surface area contributed by atoms with Crippen LogP contribution in [-0.4, -0.2) is 32.0 Å². The quantitative estimate of drug-likeness (QED) is 0.607. The predicted molar refractivity (Wildman–Crippen MR) is 112 cm³/mol. The molecule has 1 atom stereocenters. The van der Waals surface area contributed by atoms with Gasteiger partial charge in [0.05, 0.1) is 10.5 Å². The number of benzene rings is 2. The number of nitrogens with one attached hydrogen (secondary N) is 1. The normalized spacial score (nSPS) is 16.2. The molecule has 1 N–H and O–H groups in total. The molecule has 1 unspecified atom stereocenters. The van der Waals surface area contributed by atoms with Gasteiger partial charge in [0.25, 0.3) is 15.9 Å². The van der Waals surface area contributed by atoms with Gasteiger partial charge in [0.1, 0.15) is 17.6 Å². The van der Waals surface area contributed by atoms with E-state index >= 15 is 0 Å². The Balaban J connectivity index is 1.45. The number of thiazole rings is 1. The lowest BCUT2D eigenvalue weighted by molar-refractivity contribution is -0.122.